The van der Waals surface area contributed by atoms with Gasteiger partial charge in [0, 0.05) is 35.3 Å². The Labute approximate surface area is 108 Å². The Balaban J connectivity index is 1.79. The molecule has 1 aliphatic rings. The second kappa shape index (κ2) is 5.36. The molecule has 1 fully saturated rings. The summed E-state index contributed by atoms with van der Waals surface area (Å²) in [6.45, 7) is 7.54. The summed E-state index contributed by atoms with van der Waals surface area (Å²) < 4.78 is 0.273. The highest BCUT2D eigenvalue weighted by molar-refractivity contribution is 7.99. The number of thioether (sulfide) groups is 1. The van der Waals surface area contributed by atoms with E-state index in [0.717, 1.165) is 24.2 Å². The van der Waals surface area contributed by atoms with Crippen molar-refractivity contribution in [3.05, 3.63) is 23.8 Å². The fourth-order valence-corrected chi connectivity index (χ4v) is 2.09. The van der Waals surface area contributed by atoms with Crippen LogP contribution in [-0.4, -0.2) is 20.8 Å². The summed E-state index contributed by atoms with van der Waals surface area (Å²) in [7, 11) is 0. The van der Waals surface area contributed by atoms with E-state index < -0.39 is 0 Å². The van der Waals surface area contributed by atoms with Crippen molar-refractivity contribution in [1.29, 1.82) is 0 Å². The SMILES string of the molecule is CC(C)(C)SCc1ncc(CNC2CC2)cn1. The summed E-state index contributed by atoms with van der Waals surface area (Å²) in [4.78, 5) is 8.82. The third kappa shape index (κ3) is 5.04. The van der Waals surface area contributed by atoms with Crippen molar-refractivity contribution in [2.75, 3.05) is 0 Å². The van der Waals surface area contributed by atoms with Crippen molar-refractivity contribution in [2.24, 2.45) is 0 Å². The van der Waals surface area contributed by atoms with Crippen molar-refractivity contribution < 1.29 is 0 Å². The van der Waals surface area contributed by atoms with Crippen molar-refractivity contribution in [2.45, 2.75) is 56.7 Å². The van der Waals surface area contributed by atoms with Crippen LogP contribution in [0.2, 0.25) is 0 Å². The smallest absolute Gasteiger partial charge is 0.138 e. The molecule has 0 atom stereocenters. The molecule has 1 aromatic heterocycles. The van der Waals surface area contributed by atoms with Crippen molar-refractivity contribution >= 4 is 11.8 Å². The highest BCUT2D eigenvalue weighted by atomic mass is 32.2. The lowest BCUT2D eigenvalue weighted by Crippen LogP contribution is -2.15. The van der Waals surface area contributed by atoms with Gasteiger partial charge in [-0.15, -0.1) is 11.8 Å². The van der Waals surface area contributed by atoms with E-state index in [1.165, 1.54) is 18.4 Å². The molecule has 0 bridgehead atoms. The first kappa shape index (κ1) is 12.8. The van der Waals surface area contributed by atoms with E-state index in [4.69, 9.17) is 0 Å². The molecule has 1 aromatic rings. The van der Waals surface area contributed by atoms with Gasteiger partial charge in [-0.25, -0.2) is 9.97 Å². The maximum Gasteiger partial charge on any atom is 0.138 e. The monoisotopic (exact) mass is 251 g/mol. The molecule has 1 saturated carbocycles. The minimum Gasteiger partial charge on any atom is -0.310 e. The Hall–Kier alpha value is -0.610. The first-order chi connectivity index (χ1) is 8.03. The Morgan fingerprint density at radius 2 is 1.94 bits per heavy atom. The van der Waals surface area contributed by atoms with E-state index >= 15 is 0 Å². The van der Waals surface area contributed by atoms with Crippen molar-refractivity contribution in [3.8, 4) is 0 Å². The summed E-state index contributed by atoms with van der Waals surface area (Å²) in [6.07, 6.45) is 6.53. The van der Waals surface area contributed by atoms with Crippen LogP contribution >= 0.6 is 11.8 Å². The maximum atomic E-state index is 4.41. The molecule has 0 radical (unpaired) electrons. The normalized spacial score (nSPS) is 16.2. The van der Waals surface area contributed by atoms with Gasteiger partial charge in [-0.3, -0.25) is 0 Å². The molecule has 1 N–H and O–H groups in total. The number of nitrogens with one attached hydrogen (secondary N) is 1. The van der Waals surface area contributed by atoms with Gasteiger partial charge in [0.15, 0.2) is 0 Å². The van der Waals surface area contributed by atoms with Crippen LogP contribution in [0.4, 0.5) is 0 Å². The maximum absolute atomic E-state index is 4.41. The molecule has 0 amide bonds. The zero-order chi connectivity index (χ0) is 12.3. The van der Waals surface area contributed by atoms with Gasteiger partial charge in [-0.1, -0.05) is 20.8 Å². The molecule has 17 heavy (non-hydrogen) atoms. The molecule has 1 heterocycles. The van der Waals surface area contributed by atoms with E-state index in [-0.39, 0.29) is 4.75 Å². The van der Waals surface area contributed by atoms with Crippen LogP contribution in [0.25, 0.3) is 0 Å². The highest BCUT2D eigenvalue weighted by Crippen LogP contribution is 2.25. The van der Waals surface area contributed by atoms with Gasteiger partial charge in [0.25, 0.3) is 0 Å². The van der Waals surface area contributed by atoms with E-state index in [0.29, 0.717) is 0 Å². The van der Waals surface area contributed by atoms with Gasteiger partial charge in [-0.2, -0.15) is 0 Å². The Morgan fingerprint density at radius 1 is 1.29 bits per heavy atom. The topological polar surface area (TPSA) is 37.8 Å². The highest BCUT2D eigenvalue weighted by Gasteiger charge is 2.20. The molecular weight excluding hydrogens is 230 g/mol. The van der Waals surface area contributed by atoms with E-state index in [1.54, 1.807) is 0 Å². The van der Waals surface area contributed by atoms with Crippen LogP contribution in [-0.2, 0) is 12.3 Å². The first-order valence-corrected chi connectivity index (χ1v) is 7.19. The number of rotatable bonds is 5. The fraction of sp³-hybridized carbons (Fsp3) is 0.692. The van der Waals surface area contributed by atoms with Crippen molar-refractivity contribution in [3.63, 3.8) is 0 Å². The van der Waals surface area contributed by atoms with Crippen LogP contribution in [0.5, 0.6) is 0 Å². The van der Waals surface area contributed by atoms with Crippen LogP contribution in [0.3, 0.4) is 0 Å². The molecule has 0 aromatic carbocycles. The molecule has 94 valence electrons. The van der Waals surface area contributed by atoms with Crippen molar-refractivity contribution in [1.82, 2.24) is 15.3 Å². The lowest BCUT2D eigenvalue weighted by atomic mass is 10.3. The van der Waals surface area contributed by atoms with Gasteiger partial charge in [-0.05, 0) is 12.8 Å². The van der Waals surface area contributed by atoms with Crippen LogP contribution < -0.4 is 5.32 Å². The fourth-order valence-electron chi connectivity index (χ4n) is 1.38. The second-order valence-electron chi connectivity index (χ2n) is 5.56. The number of hydrogen-bond donors (Lipinski definition) is 1. The van der Waals surface area contributed by atoms with Crippen LogP contribution in [0, 0.1) is 0 Å². The lowest BCUT2D eigenvalue weighted by molar-refractivity contribution is 0.682. The summed E-state index contributed by atoms with van der Waals surface area (Å²) in [5, 5.41) is 3.46. The molecule has 0 aliphatic heterocycles. The third-order valence-corrected chi connectivity index (χ3v) is 3.83. The lowest BCUT2D eigenvalue weighted by Gasteiger charge is -2.16. The Kier molecular flexibility index (Phi) is 4.05. The number of nitrogens with zero attached hydrogens (tertiary/aromatic N) is 2. The van der Waals surface area contributed by atoms with Gasteiger partial charge < -0.3 is 5.32 Å². The molecule has 2 rings (SSSR count). The predicted octanol–water partition coefficient (Wildman–Crippen LogP) is 2.76. The minimum atomic E-state index is 0.273. The van der Waals surface area contributed by atoms with Gasteiger partial charge in [0.1, 0.15) is 5.82 Å². The van der Waals surface area contributed by atoms with E-state index in [1.807, 2.05) is 24.2 Å². The first-order valence-electron chi connectivity index (χ1n) is 6.20. The minimum absolute atomic E-state index is 0.273. The van der Waals surface area contributed by atoms with Crippen LogP contribution in [0.15, 0.2) is 12.4 Å². The van der Waals surface area contributed by atoms with E-state index in [9.17, 15) is 0 Å². The molecule has 3 nitrogen and oxygen atoms in total. The summed E-state index contributed by atoms with van der Waals surface area (Å²) in [5.74, 6) is 1.82. The average molecular weight is 251 g/mol. The summed E-state index contributed by atoms with van der Waals surface area (Å²) in [5.41, 5.74) is 1.18. The van der Waals surface area contributed by atoms with Gasteiger partial charge >= 0.3 is 0 Å². The standard InChI is InChI=1S/C13H21N3S/c1-13(2,3)17-9-12-15-7-10(8-16-12)6-14-11-4-5-11/h7-8,11,14H,4-6,9H2,1-3H3. The largest absolute Gasteiger partial charge is 0.310 e. The summed E-state index contributed by atoms with van der Waals surface area (Å²) >= 11 is 1.88. The molecule has 0 saturated heterocycles. The number of hydrogen-bond acceptors (Lipinski definition) is 4. The molecule has 4 heteroatoms. The number of aromatic nitrogens is 2. The summed E-state index contributed by atoms with van der Waals surface area (Å²) in [6, 6.07) is 0.742. The molecule has 0 unspecified atom stereocenters. The average Bonchev–Trinajstić information content (AvgIpc) is 3.08. The van der Waals surface area contributed by atoms with E-state index in [2.05, 4.69) is 36.1 Å². The Morgan fingerprint density at radius 3 is 2.47 bits per heavy atom. The third-order valence-electron chi connectivity index (χ3n) is 2.57. The Bertz CT molecular complexity index is 352. The molecule has 0 spiro atoms. The quantitative estimate of drug-likeness (QED) is 0.873. The van der Waals surface area contributed by atoms with Gasteiger partial charge in [0.05, 0.1) is 5.75 Å². The zero-order valence-electron chi connectivity index (χ0n) is 10.9. The zero-order valence-corrected chi connectivity index (χ0v) is 11.7. The van der Waals surface area contributed by atoms with Gasteiger partial charge in [0.2, 0.25) is 0 Å². The molecule has 1 aliphatic carbocycles. The van der Waals surface area contributed by atoms with Crippen LogP contribution in [0.1, 0.15) is 45.0 Å². The predicted molar refractivity (Wildman–Crippen MR) is 72.9 cm³/mol. The molecular formula is C13H21N3S. The second-order valence-corrected chi connectivity index (χ2v) is 7.37.